The molecule has 2 bridgehead atoms. The number of nitrogens with zero attached hydrogens (tertiary/aromatic N) is 1. The standard InChI is InChI=1S/C24H37ClN2O2/c1-2-27(14-15-28)13-5-8-19-9-10-22(25)21(16-19)23(29)26-18-24-11-3-6-20(17-24)7-4-12-24/h9-10,16,20,28H,2-8,11-15,17-18H2,1H3,(H,26,29). The van der Waals surface area contributed by atoms with Crippen LogP contribution in [0.15, 0.2) is 18.2 Å². The molecule has 1 aromatic carbocycles. The van der Waals surface area contributed by atoms with E-state index < -0.39 is 0 Å². The molecule has 5 heteroatoms. The van der Waals surface area contributed by atoms with Gasteiger partial charge in [-0.05, 0) is 74.2 Å². The summed E-state index contributed by atoms with van der Waals surface area (Å²) in [7, 11) is 0. The number of carbonyl (C=O) groups is 1. The van der Waals surface area contributed by atoms with E-state index in [0.29, 0.717) is 22.5 Å². The number of amides is 1. The van der Waals surface area contributed by atoms with E-state index in [1.807, 2.05) is 18.2 Å². The summed E-state index contributed by atoms with van der Waals surface area (Å²) >= 11 is 6.37. The smallest absolute Gasteiger partial charge is 0.252 e. The van der Waals surface area contributed by atoms with Gasteiger partial charge in [0.2, 0.25) is 0 Å². The number of hydrogen-bond donors (Lipinski definition) is 2. The van der Waals surface area contributed by atoms with Crippen LogP contribution in [0, 0.1) is 11.3 Å². The Morgan fingerprint density at radius 2 is 2.03 bits per heavy atom. The van der Waals surface area contributed by atoms with Crippen molar-refractivity contribution in [2.75, 3.05) is 32.8 Å². The first-order valence-electron chi connectivity index (χ1n) is 11.4. The van der Waals surface area contributed by atoms with Crippen LogP contribution >= 0.6 is 11.6 Å². The number of halogens is 1. The third kappa shape index (κ3) is 6.19. The summed E-state index contributed by atoms with van der Waals surface area (Å²) in [6.45, 7) is 5.70. The topological polar surface area (TPSA) is 52.6 Å². The molecule has 2 N–H and O–H groups in total. The highest BCUT2D eigenvalue weighted by Crippen LogP contribution is 2.48. The normalized spacial score (nSPS) is 23.9. The SMILES string of the molecule is CCN(CCO)CCCc1ccc(Cl)c(C(=O)NCC23CCCC(CCC2)C3)c1. The predicted molar refractivity (Wildman–Crippen MR) is 120 cm³/mol. The van der Waals surface area contributed by atoms with Crippen LogP contribution in [0.5, 0.6) is 0 Å². The third-order valence-corrected chi connectivity index (χ3v) is 7.39. The molecule has 2 aliphatic rings. The highest BCUT2D eigenvalue weighted by molar-refractivity contribution is 6.33. The van der Waals surface area contributed by atoms with Crippen molar-refractivity contribution in [1.29, 1.82) is 0 Å². The molecule has 0 saturated heterocycles. The van der Waals surface area contributed by atoms with Gasteiger partial charge in [-0.15, -0.1) is 0 Å². The highest BCUT2D eigenvalue weighted by Gasteiger charge is 2.39. The number of aliphatic hydroxyl groups excluding tert-OH is 1. The van der Waals surface area contributed by atoms with Crippen molar-refractivity contribution in [1.82, 2.24) is 10.2 Å². The minimum Gasteiger partial charge on any atom is -0.395 e. The van der Waals surface area contributed by atoms with Crippen LogP contribution in [0.25, 0.3) is 0 Å². The number of benzene rings is 1. The van der Waals surface area contributed by atoms with Crippen LogP contribution in [-0.2, 0) is 6.42 Å². The monoisotopic (exact) mass is 420 g/mol. The maximum atomic E-state index is 12.9. The largest absolute Gasteiger partial charge is 0.395 e. The Kier molecular flexibility index (Phi) is 8.40. The fourth-order valence-corrected chi connectivity index (χ4v) is 5.61. The number of nitrogens with one attached hydrogen (secondary N) is 1. The highest BCUT2D eigenvalue weighted by atomic mass is 35.5. The van der Waals surface area contributed by atoms with Gasteiger partial charge in [-0.1, -0.05) is 50.3 Å². The molecule has 0 aliphatic heterocycles. The molecular formula is C24H37ClN2O2. The zero-order valence-corrected chi connectivity index (χ0v) is 18.6. The fraction of sp³-hybridized carbons (Fsp3) is 0.708. The number of aliphatic hydroxyl groups is 1. The first kappa shape index (κ1) is 22.6. The van der Waals surface area contributed by atoms with Gasteiger partial charge in [-0.2, -0.15) is 0 Å². The molecule has 0 atom stereocenters. The second-order valence-electron chi connectivity index (χ2n) is 9.11. The summed E-state index contributed by atoms with van der Waals surface area (Å²) < 4.78 is 0. The zero-order chi connectivity index (χ0) is 20.7. The summed E-state index contributed by atoms with van der Waals surface area (Å²) in [5.41, 5.74) is 2.07. The molecule has 4 nitrogen and oxygen atoms in total. The molecule has 1 amide bonds. The first-order valence-corrected chi connectivity index (χ1v) is 11.8. The van der Waals surface area contributed by atoms with Gasteiger partial charge in [-0.3, -0.25) is 4.79 Å². The molecule has 2 fully saturated rings. The number of aryl methyl sites for hydroxylation is 1. The molecule has 0 unspecified atom stereocenters. The Balaban J connectivity index is 1.55. The summed E-state index contributed by atoms with van der Waals surface area (Å²) in [6.07, 6.45) is 11.0. The number of hydrogen-bond acceptors (Lipinski definition) is 3. The molecule has 162 valence electrons. The van der Waals surface area contributed by atoms with Gasteiger partial charge in [0.05, 0.1) is 17.2 Å². The zero-order valence-electron chi connectivity index (χ0n) is 17.9. The number of likely N-dealkylation sites (N-methyl/N-ethyl adjacent to an activating group) is 1. The molecule has 0 spiro atoms. The molecule has 29 heavy (non-hydrogen) atoms. The third-order valence-electron chi connectivity index (χ3n) is 7.06. The van der Waals surface area contributed by atoms with Gasteiger partial charge in [0.15, 0.2) is 0 Å². The Labute approximate surface area is 181 Å². The average molecular weight is 421 g/mol. The first-order chi connectivity index (χ1) is 14.0. The molecule has 2 saturated carbocycles. The second-order valence-corrected chi connectivity index (χ2v) is 9.52. The van der Waals surface area contributed by atoms with E-state index in [-0.39, 0.29) is 12.5 Å². The van der Waals surface area contributed by atoms with Gasteiger partial charge in [0.1, 0.15) is 0 Å². The van der Waals surface area contributed by atoms with Crippen LogP contribution in [-0.4, -0.2) is 48.7 Å². The molecular weight excluding hydrogens is 384 g/mol. The average Bonchev–Trinajstić information content (AvgIpc) is 2.72. The summed E-state index contributed by atoms with van der Waals surface area (Å²) in [5, 5.41) is 12.9. The van der Waals surface area contributed by atoms with Gasteiger partial charge in [0, 0.05) is 13.1 Å². The fourth-order valence-electron chi connectivity index (χ4n) is 5.41. The lowest BCUT2D eigenvalue weighted by molar-refractivity contribution is 0.0681. The van der Waals surface area contributed by atoms with Crippen LogP contribution in [0.4, 0.5) is 0 Å². The van der Waals surface area contributed by atoms with Gasteiger partial charge >= 0.3 is 0 Å². The number of fused-ring (bicyclic) bond motifs is 2. The summed E-state index contributed by atoms with van der Waals surface area (Å²) in [6, 6.07) is 5.84. The van der Waals surface area contributed by atoms with E-state index in [2.05, 4.69) is 17.1 Å². The van der Waals surface area contributed by atoms with Gasteiger partial charge < -0.3 is 15.3 Å². The maximum absolute atomic E-state index is 12.9. The lowest BCUT2D eigenvalue weighted by Crippen LogP contribution is -2.43. The van der Waals surface area contributed by atoms with E-state index in [9.17, 15) is 4.79 Å². The van der Waals surface area contributed by atoms with Gasteiger partial charge in [-0.25, -0.2) is 0 Å². The Bertz CT molecular complexity index is 669. The lowest BCUT2D eigenvalue weighted by atomic mass is 9.62. The minimum absolute atomic E-state index is 0.0330. The molecule has 0 radical (unpaired) electrons. The van der Waals surface area contributed by atoms with E-state index in [1.165, 1.54) is 44.9 Å². The van der Waals surface area contributed by atoms with Crippen LogP contribution in [0.2, 0.25) is 5.02 Å². The Morgan fingerprint density at radius 1 is 1.28 bits per heavy atom. The van der Waals surface area contributed by atoms with E-state index >= 15 is 0 Å². The van der Waals surface area contributed by atoms with Crippen molar-refractivity contribution in [3.8, 4) is 0 Å². The summed E-state index contributed by atoms with van der Waals surface area (Å²) in [4.78, 5) is 15.1. The Morgan fingerprint density at radius 3 is 2.72 bits per heavy atom. The van der Waals surface area contributed by atoms with Crippen molar-refractivity contribution in [3.63, 3.8) is 0 Å². The van der Waals surface area contributed by atoms with Crippen molar-refractivity contribution in [3.05, 3.63) is 34.3 Å². The quantitative estimate of drug-likeness (QED) is 0.577. The Hall–Kier alpha value is -1.10. The van der Waals surface area contributed by atoms with E-state index in [0.717, 1.165) is 44.0 Å². The van der Waals surface area contributed by atoms with Crippen LogP contribution in [0.3, 0.4) is 0 Å². The van der Waals surface area contributed by atoms with Gasteiger partial charge in [0.25, 0.3) is 5.91 Å². The van der Waals surface area contributed by atoms with Crippen molar-refractivity contribution >= 4 is 17.5 Å². The molecule has 1 aromatic rings. The van der Waals surface area contributed by atoms with Crippen LogP contribution in [0.1, 0.15) is 74.2 Å². The molecule has 0 aromatic heterocycles. The molecule has 3 rings (SSSR count). The lowest BCUT2D eigenvalue weighted by Gasteiger charge is -2.45. The number of rotatable bonds is 10. The number of carbonyl (C=O) groups excluding carboxylic acids is 1. The van der Waals surface area contributed by atoms with Crippen LogP contribution < -0.4 is 5.32 Å². The van der Waals surface area contributed by atoms with Crippen molar-refractivity contribution in [2.45, 2.75) is 64.7 Å². The maximum Gasteiger partial charge on any atom is 0.252 e. The van der Waals surface area contributed by atoms with Crippen molar-refractivity contribution in [2.24, 2.45) is 11.3 Å². The molecule has 0 heterocycles. The summed E-state index contributed by atoms with van der Waals surface area (Å²) in [5.74, 6) is 0.837. The predicted octanol–water partition coefficient (Wildman–Crippen LogP) is 4.68. The second kappa shape index (κ2) is 10.8. The van der Waals surface area contributed by atoms with Crippen molar-refractivity contribution < 1.29 is 9.90 Å². The minimum atomic E-state index is -0.0330. The van der Waals surface area contributed by atoms with E-state index in [4.69, 9.17) is 16.7 Å². The van der Waals surface area contributed by atoms with E-state index in [1.54, 1.807) is 0 Å². The molecule has 2 aliphatic carbocycles.